The van der Waals surface area contributed by atoms with Gasteiger partial charge in [0.05, 0.1) is 0 Å². The van der Waals surface area contributed by atoms with Crippen LogP contribution in [-0.4, -0.2) is 15.6 Å². The summed E-state index contributed by atoms with van der Waals surface area (Å²) < 4.78 is 2.19. The fraction of sp³-hybridized carbons (Fsp3) is 0.786. The number of aryl methyl sites for hydroxylation is 1. The Balaban J connectivity index is 1.74. The first kappa shape index (κ1) is 12.6. The van der Waals surface area contributed by atoms with Crippen LogP contribution in [0.15, 0.2) is 12.4 Å². The Morgan fingerprint density at radius 2 is 2.24 bits per heavy atom. The van der Waals surface area contributed by atoms with E-state index in [1.807, 2.05) is 12.4 Å². The zero-order chi connectivity index (χ0) is 12.1. The van der Waals surface area contributed by atoms with Crippen LogP contribution in [-0.2, 0) is 13.0 Å². The summed E-state index contributed by atoms with van der Waals surface area (Å²) in [5.41, 5.74) is 6.21. The van der Waals surface area contributed by atoms with E-state index in [9.17, 15) is 0 Å². The Kier molecular flexibility index (Phi) is 4.60. The molecular weight excluding hydrogens is 210 g/mol. The molecule has 0 radical (unpaired) electrons. The summed E-state index contributed by atoms with van der Waals surface area (Å²) in [5.74, 6) is 2.10. The molecule has 0 bridgehead atoms. The topological polar surface area (TPSA) is 43.8 Å². The van der Waals surface area contributed by atoms with Crippen molar-refractivity contribution >= 4 is 0 Å². The van der Waals surface area contributed by atoms with Crippen LogP contribution in [0.4, 0.5) is 0 Å². The summed E-state index contributed by atoms with van der Waals surface area (Å²) in [7, 11) is 0. The highest BCUT2D eigenvalue weighted by Gasteiger charge is 2.16. The molecule has 1 aliphatic carbocycles. The van der Waals surface area contributed by atoms with Crippen LogP contribution >= 0.6 is 0 Å². The van der Waals surface area contributed by atoms with Crippen molar-refractivity contribution in [1.82, 2.24) is 9.55 Å². The number of imidazole rings is 1. The first-order chi connectivity index (χ1) is 8.29. The minimum absolute atomic E-state index is 0.281. The Bertz CT molecular complexity index is 326. The van der Waals surface area contributed by atoms with Crippen molar-refractivity contribution < 1.29 is 0 Å². The van der Waals surface area contributed by atoms with Crippen LogP contribution in [0.1, 0.15) is 51.3 Å². The molecule has 17 heavy (non-hydrogen) atoms. The van der Waals surface area contributed by atoms with Gasteiger partial charge in [-0.1, -0.05) is 25.7 Å². The van der Waals surface area contributed by atoms with Gasteiger partial charge in [0.15, 0.2) is 0 Å². The molecule has 1 aliphatic rings. The number of aromatic nitrogens is 2. The maximum absolute atomic E-state index is 6.21. The molecule has 0 aromatic carbocycles. The number of rotatable bonds is 6. The third kappa shape index (κ3) is 3.56. The van der Waals surface area contributed by atoms with Gasteiger partial charge >= 0.3 is 0 Å². The molecule has 0 amide bonds. The summed E-state index contributed by atoms with van der Waals surface area (Å²) in [6.45, 7) is 3.14. The largest absolute Gasteiger partial charge is 0.335 e. The number of nitrogens with zero attached hydrogens (tertiary/aromatic N) is 2. The second kappa shape index (κ2) is 6.20. The molecule has 0 spiro atoms. The van der Waals surface area contributed by atoms with Crippen molar-refractivity contribution in [2.75, 3.05) is 0 Å². The summed E-state index contributed by atoms with van der Waals surface area (Å²) in [6.07, 6.45) is 13.0. The lowest BCUT2D eigenvalue weighted by Crippen LogP contribution is -2.25. The van der Waals surface area contributed by atoms with E-state index in [4.69, 9.17) is 5.73 Å². The Morgan fingerprint density at radius 3 is 2.94 bits per heavy atom. The van der Waals surface area contributed by atoms with E-state index in [2.05, 4.69) is 16.5 Å². The van der Waals surface area contributed by atoms with Crippen molar-refractivity contribution in [1.29, 1.82) is 0 Å². The zero-order valence-electron chi connectivity index (χ0n) is 10.9. The molecule has 0 saturated heterocycles. The second-order valence-electron chi connectivity index (χ2n) is 5.32. The third-order valence-corrected chi connectivity index (χ3v) is 4.01. The summed E-state index contributed by atoms with van der Waals surface area (Å²) in [5, 5.41) is 0. The van der Waals surface area contributed by atoms with Gasteiger partial charge < -0.3 is 10.3 Å². The van der Waals surface area contributed by atoms with Gasteiger partial charge in [0.25, 0.3) is 0 Å². The number of hydrogen-bond acceptors (Lipinski definition) is 2. The molecule has 1 fully saturated rings. The number of hydrogen-bond donors (Lipinski definition) is 1. The molecule has 1 heterocycles. The molecule has 3 heteroatoms. The predicted molar refractivity (Wildman–Crippen MR) is 70.8 cm³/mol. The van der Waals surface area contributed by atoms with Crippen LogP contribution in [0.3, 0.4) is 0 Å². The standard InChI is InChI=1S/C14H25N3/c1-2-17-10-9-16-14(17)11-13(15)8-7-12-5-3-4-6-12/h9-10,12-13H,2-8,11,15H2,1H3. The average Bonchev–Trinajstić information content (AvgIpc) is 2.97. The molecule has 1 unspecified atom stereocenters. The van der Waals surface area contributed by atoms with Gasteiger partial charge in [-0.25, -0.2) is 4.98 Å². The lowest BCUT2D eigenvalue weighted by Gasteiger charge is -2.15. The minimum atomic E-state index is 0.281. The Labute approximate surface area is 104 Å². The van der Waals surface area contributed by atoms with Gasteiger partial charge in [-0.05, 0) is 25.7 Å². The van der Waals surface area contributed by atoms with Crippen LogP contribution < -0.4 is 5.73 Å². The lowest BCUT2D eigenvalue weighted by atomic mass is 9.97. The molecular formula is C14H25N3. The summed E-state index contributed by atoms with van der Waals surface area (Å²) in [4.78, 5) is 4.39. The highest BCUT2D eigenvalue weighted by molar-refractivity contribution is 4.95. The summed E-state index contributed by atoms with van der Waals surface area (Å²) in [6, 6.07) is 0.281. The van der Waals surface area contributed by atoms with Crippen molar-refractivity contribution in [2.24, 2.45) is 11.7 Å². The predicted octanol–water partition coefficient (Wildman–Crippen LogP) is 2.74. The van der Waals surface area contributed by atoms with E-state index >= 15 is 0 Å². The maximum Gasteiger partial charge on any atom is 0.110 e. The molecule has 1 atom stereocenters. The van der Waals surface area contributed by atoms with Crippen molar-refractivity contribution in [3.05, 3.63) is 18.2 Å². The Morgan fingerprint density at radius 1 is 1.47 bits per heavy atom. The SMILES string of the molecule is CCn1ccnc1CC(N)CCC1CCCC1. The van der Waals surface area contributed by atoms with E-state index in [-0.39, 0.29) is 6.04 Å². The van der Waals surface area contributed by atoms with Crippen LogP contribution in [0.2, 0.25) is 0 Å². The number of nitrogens with two attached hydrogens (primary N) is 1. The molecule has 96 valence electrons. The van der Waals surface area contributed by atoms with Crippen LogP contribution in [0.25, 0.3) is 0 Å². The smallest absolute Gasteiger partial charge is 0.110 e. The monoisotopic (exact) mass is 235 g/mol. The van der Waals surface area contributed by atoms with Crippen molar-refractivity contribution in [2.45, 2.75) is 64.5 Å². The van der Waals surface area contributed by atoms with Crippen molar-refractivity contribution in [3.8, 4) is 0 Å². The summed E-state index contributed by atoms with van der Waals surface area (Å²) >= 11 is 0. The highest BCUT2D eigenvalue weighted by Crippen LogP contribution is 2.28. The molecule has 3 nitrogen and oxygen atoms in total. The lowest BCUT2D eigenvalue weighted by molar-refractivity contribution is 0.441. The van der Waals surface area contributed by atoms with E-state index in [0.29, 0.717) is 0 Å². The van der Waals surface area contributed by atoms with Crippen LogP contribution in [0, 0.1) is 5.92 Å². The quantitative estimate of drug-likeness (QED) is 0.824. The molecule has 0 aliphatic heterocycles. The highest BCUT2D eigenvalue weighted by atomic mass is 15.1. The minimum Gasteiger partial charge on any atom is -0.335 e. The van der Waals surface area contributed by atoms with E-state index in [0.717, 1.165) is 31.1 Å². The molecule has 2 N–H and O–H groups in total. The van der Waals surface area contributed by atoms with Gasteiger partial charge in [0.1, 0.15) is 5.82 Å². The first-order valence-electron chi connectivity index (χ1n) is 7.05. The van der Waals surface area contributed by atoms with Gasteiger partial charge in [-0.2, -0.15) is 0 Å². The molecule has 1 aromatic heterocycles. The first-order valence-corrected chi connectivity index (χ1v) is 7.05. The van der Waals surface area contributed by atoms with E-state index < -0.39 is 0 Å². The van der Waals surface area contributed by atoms with Gasteiger partial charge in [0, 0.05) is 31.4 Å². The second-order valence-corrected chi connectivity index (χ2v) is 5.32. The molecule has 1 saturated carbocycles. The van der Waals surface area contributed by atoms with Gasteiger partial charge in [0.2, 0.25) is 0 Å². The molecule has 1 aromatic rings. The normalized spacial score (nSPS) is 18.7. The van der Waals surface area contributed by atoms with E-state index in [1.165, 1.54) is 32.1 Å². The fourth-order valence-corrected chi connectivity index (χ4v) is 2.90. The zero-order valence-corrected chi connectivity index (χ0v) is 10.9. The maximum atomic E-state index is 6.21. The fourth-order valence-electron chi connectivity index (χ4n) is 2.90. The van der Waals surface area contributed by atoms with Gasteiger partial charge in [-0.15, -0.1) is 0 Å². The van der Waals surface area contributed by atoms with Crippen LogP contribution in [0.5, 0.6) is 0 Å². The van der Waals surface area contributed by atoms with Crippen molar-refractivity contribution in [3.63, 3.8) is 0 Å². The average molecular weight is 235 g/mol. The third-order valence-electron chi connectivity index (χ3n) is 4.01. The van der Waals surface area contributed by atoms with E-state index in [1.54, 1.807) is 0 Å². The Hall–Kier alpha value is -0.830. The molecule has 2 rings (SSSR count). The van der Waals surface area contributed by atoms with Gasteiger partial charge in [-0.3, -0.25) is 0 Å².